The summed E-state index contributed by atoms with van der Waals surface area (Å²) in [6.45, 7) is 5.05. The second-order valence-electron chi connectivity index (χ2n) is 5.01. The van der Waals surface area contributed by atoms with Gasteiger partial charge in [-0.25, -0.2) is 18.2 Å². The van der Waals surface area contributed by atoms with Gasteiger partial charge >= 0.3 is 6.09 Å². The molecule has 0 aromatic carbocycles. The Morgan fingerprint density at radius 3 is 2.60 bits per heavy atom. The number of hydrogen-bond donors (Lipinski definition) is 0. The summed E-state index contributed by atoms with van der Waals surface area (Å²) in [4.78, 5) is 16.0. The molecule has 0 aliphatic carbocycles. The third kappa shape index (κ3) is 2.91. The zero-order valence-corrected chi connectivity index (χ0v) is 12.6. The van der Waals surface area contributed by atoms with E-state index in [9.17, 15) is 13.2 Å². The van der Waals surface area contributed by atoms with Gasteiger partial charge < -0.3 is 4.74 Å². The fourth-order valence-electron chi connectivity index (χ4n) is 1.54. The lowest BCUT2D eigenvalue weighted by molar-refractivity contribution is 0.0519. The maximum atomic E-state index is 12.0. The number of nitrogens with zero attached hydrogens (tertiary/aromatic N) is 3. The van der Waals surface area contributed by atoms with E-state index in [1.807, 2.05) is 0 Å². The van der Waals surface area contributed by atoms with Crippen LogP contribution in [0.4, 0.5) is 4.79 Å². The number of hydrogen-bond acceptors (Lipinski definition) is 6. The molecule has 2 rings (SSSR count). The molecule has 0 bridgehead atoms. The summed E-state index contributed by atoms with van der Waals surface area (Å²) in [7, 11) is 1.21. The summed E-state index contributed by atoms with van der Waals surface area (Å²) < 4.78 is 28.9. The summed E-state index contributed by atoms with van der Waals surface area (Å²) in [5.41, 5.74) is -0.676. The van der Waals surface area contributed by atoms with E-state index in [-0.39, 0.29) is 11.0 Å². The van der Waals surface area contributed by atoms with Crippen molar-refractivity contribution in [2.24, 2.45) is 0 Å². The molecule has 0 N–H and O–H groups in total. The largest absolute Gasteiger partial charge is 0.442 e. The average molecular weight is 318 g/mol. The molecule has 0 spiro atoms. The quantitative estimate of drug-likeness (QED) is 0.748. The van der Waals surface area contributed by atoms with Gasteiger partial charge in [-0.05, 0) is 32.9 Å². The standard InChI is InChI=1S/C11H12ClN3O4S/c1-11(2,3)19-10(16)15-8-7(5-4-6-13-8)9(14-15)20(12,17)18/h4-6H,1-3H3. The van der Waals surface area contributed by atoms with Crippen LogP contribution in [0.25, 0.3) is 11.0 Å². The molecule has 0 fully saturated rings. The van der Waals surface area contributed by atoms with Crippen molar-refractivity contribution in [1.82, 2.24) is 14.8 Å². The Kier molecular flexibility index (Phi) is 3.47. The Hall–Kier alpha value is -1.67. The van der Waals surface area contributed by atoms with E-state index in [1.165, 1.54) is 18.3 Å². The van der Waals surface area contributed by atoms with Gasteiger partial charge in [-0.2, -0.15) is 0 Å². The minimum absolute atomic E-state index is 0.0703. The highest BCUT2D eigenvalue weighted by Crippen LogP contribution is 2.24. The van der Waals surface area contributed by atoms with Crippen LogP contribution in [0.15, 0.2) is 23.4 Å². The molecule has 0 atom stereocenters. The number of carbonyl (C=O) groups excluding carboxylic acids is 1. The molecule has 2 aromatic heterocycles. The first-order chi connectivity index (χ1) is 9.09. The normalized spacial score (nSPS) is 12.6. The van der Waals surface area contributed by atoms with Crippen LogP contribution >= 0.6 is 10.7 Å². The Bertz CT molecular complexity index is 777. The molecule has 9 heteroatoms. The zero-order chi connectivity index (χ0) is 15.1. The Labute approximate surface area is 119 Å². The van der Waals surface area contributed by atoms with Gasteiger partial charge in [0.1, 0.15) is 5.60 Å². The zero-order valence-electron chi connectivity index (χ0n) is 11.0. The maximum absolute atomic E-state index is 12.0. The monoisotopic (exact) mass is 317 g/mol. The van der Waals surface area contributed by atoms with Crippen LogP contribution in [-0.4, -0.2) is 34.9 Å². The predicted octanol–water partition coefficient (Wildman–Crippen LogP) is 2.14. The number of ether oxygens (including phenoxy) is 1. The van der Waals surface area contributed by atoms with E-state index in [0.29, 0.717) is 0 Å². The fraction of sp³-hybridized carbons (Fsp3) is 0.364. The van der Waals surface area contributed by atoms with Crippen LogP contribution < -0.4 is 0 Å². The third-order valence-corrected chi connectivity index (χ3v) is 3.41. The summed E-state index contributed by atoms with van der Waals surface area (Å²) in [5.74, 6) is 0. The van der Waals surface area contributed by atoms with Crippen molar-refractivity contribution in [3.63, 3.8) is 0 Å². The number of fused-ring (bicyclic) bond motifs is 1. The molecular formula is C11H12ClN3O4S. The van der Waals surface area contributed by atoms with E-state index in [4.69, 9.17) is 15.4 Å². The van der Waals surface area contributed by atoms with Crippen molar-refractivity contribution in [2.45, 2.75) is 31.4 Å². The first-order valence-corrected chi connectivity index (χ1v) is 7.92. The van der Waals surface area contributed by atoms with Crippen LogP contribution in [0.3, 0.4) is 0 Å². The number of halogens is 1. The molecule has 108 valence electrons. The van der Waals surface area contributed by atoms with Crippen molar-refractivity contribution >= 4 is 36.9 Å². The highest BCUT2D eigenvalue weighted by molar-refractivity contribution is 8.13. The van der Waals surface area contributed by atoms with E-state index >= 15 is 0 Å². The van der Waals surface area contributed by atoms with Crippen molar-refractivity contribution < 1.29 is 17.9 Å². The second kappa shape index (κ2) is 4.71. The molecule has 0 aliphatic heterocycles. The number of rotatable bonds is 1. The molecule has 0 amide bonds. The number of aromatic nitrogens is 3. The molecule has 2 heterocycles. The molecule has 0 aliphatic rings. The fourth-order valence-corrected chi connectivity index (χ4v) is 2.48. The number of pyridine rings is 1. The highest BCUT2D eigenvalue weighted by Gasteiger charge is 2.27. The van der Waals surface area contributed by atoms with Crippen LogP contribution in [0.2, 0.25) is 0 Å². The van der Waals surface area contributed by atoms with Gasteiger partial charge in [0.2, 0.25) is 5.03 Å². The maximum Gasteiger partial charge on any atom is 0.437 e. The van der Waals surface area contributed by atoms with Crippen molar-refractivity contribution in [2.75, 3.05) is 0 Å². The van der Waals surface area contributed by atoms with Gasteiger partial charge in [-0.1, -0.05) is 0 Å². The van der Waals surface area contributed by atoms with E-state index < -0.39 is 25.8 Å². The lowest BCUT2D eigenvalue weighted by atomic mass is 10.2. The highest BCUT2D eigenvalue weighted by atomic mass is 35.7. The van der Waals surface area contributed by atoms with Crippen LogP contribution in [0, 0.1) is 0 Å². The number of carbonyl (C=O) groups is 1. The lowest BCUT2D eigenvalue weighted by Crippen LogP contribution is -2.28. The summed E-state index contributed by atoms with van der Waals surface area (Å²) in [5, 5.41) is 3.44. The van der Waals surface area contributed by atoms with Gasteiger partial charge in [0.05, 0.1) is 5.39 Å². The summed E-state index contributed by atoms with van der Waals surface area (Å²) >= 11 is 0. The van der Waals surface area contributed by atoms with Gasteiger partial charge in [-0.15, -0.1) is 9.78 Å². The molecule has 7 nitrogen and oxygen atoms in total. The van der Waals surface area contributed by atoms with E-state index in [0.717, 1.165) is 4.68 Å². The van der Waals surface area contributed by atoms with E-state index in [1.54, 1.807) is 20.8 Å². The van der Waals surface area contributed by atoms with Crippen molar-refractivity contribution in [1.29, 1.82) is 0 Å². The first kappa shape index (κ1) is 14.7. The van der Waals surface area contributed by atoms with E-state index in [2.05, 4.69) is 10.1 Å². The van der Waals surface area contributed by atoms with Gasteiger partial charge in [-0.3, -0.25) is 0 Å². The SMILES string of the molecule is CC(C)(C)OC(=O)n1nc(S(=O)(=O)Cl)c2cccnc21. The van der Waals surface area contributed by atoms with Crippen LogP contribution in [0.5, 0.6) is 0 Å². The first-order valence-electron chi connectivity index (χ1n) is 5.61. The average Bonchev–Trinajstić information content (AvgIpc) is 2.65. The van der Waals surface area contributed by atoms with Crippen LogP contribution in [-0.2, 0) is 13.8 Å². The molecule has 20 heavy (non-hydrogen) atoms. The minimum Gasteiger partial charge on any atom is -0.442 e. The van der Waals surface area contributed by atoms with Gasteiger partial charge in [0.15, 0.2) is 5.65 Å². The third-order valence-electron chi connectivity index (χ3n) is 2.21. The minimum atomic E-state index is -4.09. The van der Waals surface area contributed by atoms with Crippen LogP contribution in [0.1, 0.15) is 20.8 Å². The Morgan fingerprint density at radius 2 is 2.05 bits per heavy atom. The molecule has 0 unspecified atom stereocenters. The Morgan fingerprint density at radius 1 is 1.40 bits per heavy atom. The van der Waals surface area contributed by atoms with Crippen molar-refractivity contribution in [3.05, 3.63) is 18.3 Å². The van der Waals surface area contributed by atoms with Gasteiger partial charge in [0.25, 0.3) is 9.05 Å². The second-order valence-corrected chi connectivity index (χ2v) is 7.49. The Balaban J connectivity index is 2.64. The lowest BCUT2D eigenvalue weighted by Gasteiger charge is -2.18. The smallest absolute Gasteiger partial charge is 0.437 e. The molecule has 2 aromatic rings. The predicted molar refractivity (Wildman–Crippen MR) is 72.2 cm³/mol. The molecule has 0 saturated carbocycles. The topological polar surface area (TPSA) is 91.2 Å². The van der Waals surface area contributed by atoms with Gasteiger partial charge in [0, 0.05) is 16.9 Å². The molecule has 0 saturated heterocycles. The molecule has 0 radical (unpaired) electrons. The summed E-state index contributed by atoms with van der Waals surface area (Å²) in [6.07, 6.45) is 0.586. The molecular weight excluding hydrogens is 306 g/mol. The van der Waals surface area contributed by atoms with Crippen molar-refractivity contribution in [3.8, 4) is 0 Å². The summed E-state index contributed by atoms with van der Waals surface area (Å²) in [6, 6.07) is 2.99.